The van der Waals surface area contributed by atoms with E-state index in [1.54, 1.807) is 62.3 Å². The van der Waals surface area contributed by atoms with E-state index in [-0.39, 0.29) is 43.8 Å². The van der Waals surface area contributed by atoms with Gasteiger partial charge in [0.15, 0.2) is 5.60 Å². The van der Waals surface area contributed by atoms with E-state index in [0.717, 1.165) is 0 Å². The number of carbonyl (C=O) groups excluding carboxylic acids is 2. The molecule has 0 aromatic carbocycles. The van der Waals surface area contributed by atoms with Crippen molar-refractivity contribution in [2.24, 2.45) is 23.7 Å². The number of carboxylic acids is 2. The molecule has 0 aliphatic heterocycles. The number of esters is 1. The van der Waals surface area contributed by atoms with Crippen molar-refractivity contribution >= 4 is 34.8 Å². The minimum atomic E-state index is -1.58. The summed E-state index contributed by atoms with van der Waals surface area (Å²) in [5, 5.41) is 27.1. The van der Waals surface area contributed by atoms with Gasteiger partial charge in [0.1, 0.15) is 0 Å². The molecule has 0 radical (unpaired) electrons. The SMILES string of the molecule is C.C.CC(=O)Cl.CC(=O)OC(C(=O)O)(C(C)C)C(C)C.CC(C)C(O)(C(=O)O)C(C)C.[2H]CC. The first kappa shape index (κ1) is 41.6. The van der Waals surface area contributed by atoms with Crippen LogP contribution in [-0.2, 0) is 23.9 Å². The molecule has 0 heterocycles. The molecule has 0 aromatic rings. The van der Waals surface area contributed by atoms with Crippen LogP contribution in [0.25, 0.3) is 0 Å². The van der Waals surface area contributed by atoms with Gasteiger partial charge in [0.25, 0.3) is 0 Å². The van der Waals surface area contributed by atoms with Crippen LogP contribution in [0.4, 0.5) is 0 Å². The van der Waals surface area contributed by atoms with Gasteiger partial charge in [-0.05, 0) is 23.4 Å². The fourth-order valence-corrected chi connectivity index (χ4v) is 2.84. The van der Waals surface area contributed by atoms with Gasteiger partial charge in [-0.1, -0.05) is 84.1 Å². The van der Waals surface area contributed by atoms with Crippen molar-refractivity contribution in [3.05, 3.63) is 0 Å². The van der Waals surface area contributed by atoms with Gasteiger partial charge in [-0.15, -0.1) is 0 Å². The van der Waals surface area contributed by atoms with E-state index in [1.807, 2.05) is 0 Å². The summed E-state index contributed by atoms with van der Waals surface area (Å²) in [7, 11) is 0. The molecule has 0 bridgehead atoms. The van der Waals surface area contributed by atoms with E-state index in [4.69, 9.17) is 16.3 Å². The fraction of sp³-hybridized carbons (Fsp3) is 0.833. The van der Waals surface area contributed by atoms with Crippen LogP contribution in [0, 0.1) is 23.7 Å². The summed E-state index contributed by atoms with van der Waals surface area (Å²) >= 11 is 4.64. The number of hydrogen-bond donors (Lipinski definition) is 3. The van der Waals surface area contributed by atoms with Crippen LogP contribution in [0.2, 0.25) is 0 Å². The smallest absolute Gasteiger partial charge is 0.348 e. The Labute approximate surface area is 208 Å². The van der Waals surface area contributed by atoms with Crippen molar-refractivity contribution in [3.63, 3.8) is 0 Å². The lowest BCUT2D eigenvalue weighted by Gasteiger charge is -2.35. The first-order chi connectivity index (χ1) is 14.2. The number of halogens is 1. The molecule has 0 unspecified atom stereocenters. The minimum absolute atomic E-state index is 0. The minimum Gasteiger partial charge on any atom is -0.479 e. The molecule has 202 valence electrons. The number of hydrogen-bond acceptors (Lipinski definition) is 6. The van der Waals surface area contributed by atoms with E-state index in [9.17, 15) is 24.3 Å². The zero-order chi connectivity index (χ0) is 27.0. The fourth-order valence-electron chi connectivity index (χ4n) is 2.84. The predicted octanol–water partition coefficient (Wildman–Crippen LogP) is 5.87. The molecule has 0 aliphatic rings. The lowest BCUT2D eigenvalue weighted by atomic mass is 9.80. The number of ether oxygens (including phenoxy) is 1. The van der Waals surface area contributed by atoms with Crippen LogP contribution in [0.5, 0.6) is 0 Å². The summed E-state index contributed by atoms with van der Waals surface area (Å²) in [5.41, 5.74) is -2.99. The summed E-state index contributed by atoms with van der Waals surface area (Å²) in [4.78, 5) is 41.9. The van der Waals surface area contributed by atoms with Gasteiger partial charge in [0.2, 0.25) is 10.8 Å². The maximum atomic E-state index is 11.2. The molecule has 0 amide bonds. The van der Waals surface area contributed by atoms with Crippen LogP contribution in [0.15, 0.2) is 0 Å². The highest BCUT2D eigenvalue weighted by atomic mass is 35.5. The molecular formula is C24H51ClO8. The first-order valence-corrected chi connectivity index (χ1v) is 10.4. The molecule has 9 heteroatoms. The number of aliphatic hydroxyl groups is 1. The Balaban J connectivity index is -0.0000000875. The van der Waals surface area contributed by atoms with E-state index in [0.29, 0.717) is 6.90 Å². The van der Waals surface area contributed by atoms with Crippen LogP contribution in [-0.4, -0.2) is 49.7 Å². The molecule has 8 nitrogen and oxygen atoms in total. The largest absolute Gasteiger partial charge is 0.479 e. The summed E-state index contributed by atoms with van der Waals surface area (Å²) < 4.78 is 11.2. The lowest BCUT2D eigenvalue weighted by Crippen LogP contribution is -2.51. The third kappa shape index (κ3) is 15.7. The molecule has 0 spiro atoms. The predicted molar refractivity (Wildman–Crippen MR) is 135 cm³/mol. The third-order valence-corrected chi connectivity index (χ3v) is 4.47. The van der Waals surface area contributed by atoms with Crippen molar-refractivity contribution in [1.82, 2.24) is 0 Å². The van der Waals surface area contributed by atoms with Gasteiger partial charge < -0.3 is 20.1 Å². The summed E-state index contributed by atoms with van der Waals surface area (Å²) in [6.45, 7) is 18.6. The highest BCUT2D eigenvalue weighted by Gasteiger charge is 2.48. The van der Waals surface area contributed by atoms with Crippen LogP contribution >= 0.6 is 11.6 Å². The average Bonchev–Trinajstić information content (AvgIpc) is 2.57. The average molecular weight is 504 g/mol. The number of carboxylic acid groups (broad SMARTS) is 2. The second kappa shape index (κ2) is 20.9. The summed E-state index contributed by atoms with van der Waals surface area (Å²) in [5.74, 6) is -3.83. The molecule has 0 saturated heterocycles. The maximum absolute atomic E-state index is 11.2. The first-order valence-electron chi connectivity index (χ1n) is 10.8. The van der Waals surface area contributed by atoms with Gasteiger partial charge in [0.05, 0.1) is 0 Å². The molecule has 0 aliphatic carbocycles. The summed E-state index contributed by atoms with van der Waals surface area (Å²) in [6, 6.07) is 0. The van der Waals surface area contributed by atoms with Crippen LogP contribution < -0.4 is 0 Å². The number of rotatable bonds is 7. The second-order valence-corrected chi connectivity index (χ2v) is 8.44. The molecular weight excluding hydrogens is 452 g/mol. The Morgan fingerprint density at radius 2 is 1.03 bits per heavy atom. The van der Waals surface area contributed by atoms with Crippen molar-refractivity contribution in [3.8, 4) is 0 Å². The van der Waals surface area contributed by atoms with Crippen molar-refractivity contribution in [2.75, 3.05) is 0 Å². The number of aliphatic carboxylic acids is 2. The van der Waals surface area contributed by atoms with Crippen molar-refractivity contribution < 1.29 is 40.6 Å². The maximum Gasteiger partial charge on any atom is 0.348 e. The summed E-state index contributed by atoms with van der Waals surface area (Å²) in [6.07, 6.45) is 0. The Morgan fingerprint density at radius 3 is 1.06 bits per heavy atom. The monoisotopic (exact) mass is 503 g/mol. The quantitative estimate of drug-likeness (QED) is 0.289. The van der Waals surface area contributed by atoms with Gasteiger partial charge >= 0.3 is 17.9 Å². The van der Waals surface area contributed by atoms with E-state index in [2.05, 4.69) is 11.6 Å². The van der Waals surface area contributed by atoms with E-state index in [1.165, 1.54) is 13.8 Å². The van der Waals surface area contributed by atoms with Gasteiger partial charge in [0, 0.05) is 27.1 Å². The Bertz CT molecular complexity index is 555. The molecule has 0 aromatic heterocycles. The van der Waals surface area contributed by atoms with Gasteiger partial charge in [-0.2, -0.15) is 0 Å². The topological polar surface area (TPSA) is 138 Å². The molecule has 0 rings (SSSR count). The van der Waals surface area contributed by atoms with Gasteiger partial charge in [-0.3, -0.25) is 9.59 Å². The molecule has 33 heavy (non-hydrogen) atoms. The van der Waals surface area contributed by atoms with Crippen LogP contribution in [0.1, 0.15) is 99.3 Å². The van der Waals surface area contributed by atoms with Crippen molar-refractivity contribution in [2.45, 2.75) is 109 Å². The Kier molecular flexibility index (Phi) is 26.3. The van der Waals surface area contributed by atoms with E-state index < -0.39 is 29.1 Å². The van der Waals surface area contributed by atoms with Crippen LogP contribution in [0.3, 0.4) is 0 Å². The molecule has 0 atom stereocenters. The zero-order valence-electron chi connectivity index (χ0n) is 21.8. The molecule has 3 N–H and O–H groups in total. The van der Waals surface area contributed by atoms with E-state index >= 15 is 0 Å². The van der Waals surface area contributed by atoms with Crippen molar-refractivity contribution in [1.29, 1.82) is 0 Å². The standard InChI is InChI=1S/C10H18O4.C8H16O3.C2H3ClO.C2H6.2CH4/c1-6(2)10(7(3)4,9(12)13)14-8(5)11;1-5(2)8(11,6(3)4)7(9)10;1-2(3)4;1-2;;/h6-7H,1-5H3,(H,12,13);5-6,11H,1-4H3,(H,9,10);1H3;1-2H3;2*1H4/i;;;1D;;. The Morgan fingerprint density at radius 1 is 0.788 bits per heavy atom. The molecule has 0 fully saturated rings. The lowest BCUT2D eigenvalue weighted by molar-refractivity contribution is -0.190. The Hall–Kier alpha value is -1.67. The normalized spacial score (nSPS) is 10.6. The van der Waals surface area contributed by atoms with Gasteiger partial charge in [-0.25, -0.2) is 9.59 Å². The number of carbonyl (C=O) groups is 4. The second-order valence-electron chi connectivity index (χ2n) is 7.91. The molecule has 0 saturated carbocycles. The highest BCUT2D eigenvalue weighted by molar-refractivity contribution is 6.62. The zero-order valence-corrected chi connectivity index (χ0v) is 21.5. The third-order valence-electron chi connectivity index (χ3n) is 4.47. The highest BCUT2D eigenvalue weighted by Crippen LogP contribution is 2.31.